The van der Waals surface area contributed by atoms with Crippen molar-refractivity contribution in [2.75, 3.05) is 20.1 Å². The van der Waals surface area contributed by atoms with Crippen LogP contribution in [0.2, 0.25) is 0 Å². The third-order valence-corrected chi connectivity index (χ3v) is 2.10. The Kier molecular flexibility index (Phi) is 7.41. The standard InChI is InChI=1S/C11H14F2N2O.ClH/c1-14-7-11(16)15-6-5-8-9(12)3-2-4-10(8)13;/h2-4,14H,5-7H2,1H3,(H,15,16);1H. The third kappa shape index (κ3) is 5.10. The van der Waals surface area contributed by atoms with E-state index < -0.39 is 11.6 Å². The zero-order chi connectivity index (χ0) is 12.0. The first-order chi connectivity index (χ1) is 7.65. The Balaban J connectivity index is 0.00000256. The lowest BCUT2D eigenvalue weighted by Gasteiger charge is -2.06. The molecule has 0 saturated carbocycles. The highest BCUT2D eigenvalue weighted by Crippen LogP contribution is 2.11. The average molecular weight is 265 g/mol. The first-order valence-electron chi connectivity index (χ1n) is 4.99. The van der Waals surface area contributed by atoms with Gasteiger partial charge in [0, 0.05) is 12.1 Å². The molecule has 0 aliphatic carbocycles. The van der Waals surface area contributed by atoms with Crippen LogP contribution in [0.3, 0.4) is 0 Å². The largest absolute Gasteiger partial charge is 0.355 e. The molecule has 1 rings (SSSR count). The zero-order valence-corrected chi connectivity index (χ0v) is 10.2. The normalized spacial score (nSPS) is 9.59. The summed E-state index contributed by atoms with van der Waals surface area (Å²) in [6, 6.07) is 3.72. The smallest absolute Gasteiger partial charge is 0.233 e. The summed E-state index contributed by atoms with van der Waals surface area (Å²) >= 11 is 0. The maximum atomic E-state index is 13.2. The fourth-order valence-corrected chi connectivity index (χ4v) is 1.32. The van der Waals surface area contributed by atoms with Gasteiger partial charge in [-0.15, -0.1) is 12.4 Å². The van der Waals surface area contributed by atoms with Gasteiger partial charge in [-0.05, 0) is 25.6 Å². The molecule has 1 aromatic rings. The van der Waals surface area contributed by atoms with Crippen LogP contribution in [-0.4, -0.2) is 26.0 Å². The molecule has 0 aliphatic heterocycles. The molecule has 6 heteroatoms. The van der Waals surface area contributed by atoms with Crippen molar-refractivity contribution < 1.29 is 13.6 Å². The third-order valence-electron chi connectivity index (χ3n) is 2.10. The quantitative estimate of drug-likeness (QED) is 0.841. The summed E-state index contributed by atoms with van der Waals surface area (Å²) in [5.74, 6) is -1.36. The Morgan fingerprint density at radius 2 is 1.88 bits per heavy atom. The summed E-state index contributed by atoms with van der Waals surface area (Å²) in [4.78, 5) is 11.0. The van der Waals surface area contributed by atoms with Gasteiger partial charge in [-0.3, -0.25) is 4.79 Å². The lowest BCUT2D eigenvalue weighted by molar-refractivity contribution is -0.120. The van der Waals surface area contributed by atoms with Gasteiger partial charge in [-0.2, -0.15) is 0 Å². The Morgan fingerprint density at radius 1 is 1.29 bits per heavy atom. The van der Waals surface area contributed by atoms with Crippen molar-refractivity contribution >= 4 is 18.3 Å². The Hall–Kier alpha value is -1.20. The fraction of sp³-hybridized carbons (Fsp3) is 0.364. The number of carbonyl (C=O) groups is 1. The van der Waals surface area contributed by atoms with Crippen LogP contribution in [0.1, 0.15) is 5.56 Å². The van der Waals surface area contributed by atoms with Crippen molar-refractivity contribution in [3.8, 4) is 0 Å². The highest BCUT2D eigenvalue weighted by Gasteiger charge is 2.08. The van der Waals surface area contributed by atoms with Gasteiger partial charge in [-0.1, -0.05) is 6.07 Å². The number of benzene rings is 1. The van der Waals surface area contributed by atoms with Gasteiger partial charge in [0.15, 0.2) is 0 Å². The van der Waals surface area contributed by atoms with Crippen molar-refractivity contribution in [1.82, 2.24) is 10.6 Å². The van der Waals surface area contributed by atoms with E-state index in [1.54, 1.807) is 7.05 Å². The van der Waals surface area contributed by atoms with Gasteiger partial charge in [0.1, 0.15) is 11.6 Å². The number of hydrogen-bond donors (Lipinski definition) is 2. The number of halogens is 3. The van der Waals surface area contributed by atoms with Gasteiger partial charge in [0.2, 0.25) is 5.91 Å². The van der Waals surface area contributed by atoms with Crippen molar-refractivity contribution in [2.45, 2.75) is 6.42 Å². The fourth-order valence-electron chi connectivity index (χ4n) is 1.32. The predicted molar refractivity (Wildman–Crippen MR) is 64.2 cm³/mol. The first kappa shape index (κ1) is 15.8. The highest BCUT2D eigenvalue weighted by atomic mass is 35.5. The van der Waals surface area contributed by atoms with E-state index in [0.29, 0.717) is 0 Å². The average Bonchev–Trinajstić information content (AvgIpc) is 2.23. The van der Waals surface area contributed by atoms with E-state index in [0.717, 1.165) is 0 Å². The maximum absolute atomic E-state index is 13.2. The number of likely N-dealkylation sites (N-methyl/N-ethyl adjacent to an activating group) is 1. The Labute approximate surface area is 105 Å². The monoisotopic (exact) mass is 264 g/mol. The molecule has 96 valence electrons. The van der Waals surface area contributed by atoms with Gasteiger partial charge in [0.05, 0.1) is 6.54 Å². The lowest BCUT2D eigenvalue weighted by atomic mass is 10.1. The van der Waals surface area contributed by atoms with E-state index in [-0.39, 0.29) is 43.4 Å². The van der Waals surface area contributed by atoms with Crippen LogP contribution < -0.4 is 10.6 Å². The number of hydrogen-bond acceptors (Lipinski definition) is 2. The molecule has 0 aromatic heterocycles. The van der Waals surface area contributed by atoms with E-state index in [1.165, 1.54) is 18.2 Å². The SMILES string of the molecule is CNCC(=O)NCCc1c(F)cccc1F.Cl. The van der Waals surface area contributed by atoms with E-state index in [9.17, 15) is 13.6 Å². The molecule has 0 fully saturated rings. The van der Waals surface area contributed by atoms with Gasteiger partial charge in [-0.25, -0.2) is 8.78 Å². The van der Waals surface area contributed by atoms with E-state index in [4.69, 9.17) is 0 Å². The van der Waals surface area contributed by atoms with Crippen molar-refractivity contribution in [2.24, 2.45) is 0 Å². The van der Waals surface area contributed by atoms with Gasteiger partial charge in [0.25, 0.3) is 0 Å². The molecule has 0 radical (unpaired) electrons. The molecule has 0 saturated heterocycles. The minimum absolute atomic E-state index is 0. The molecule has 0 atom stereocenters. The van der Waals surface area contributed by atoms with Crippen LogP contribution >= 0.6 is 12.4 Å². The summed E-state index contributed by atoms with van der Waals surface area (Å²) in [6.45, 7) is 0.415. The minimum atomic E-state index is -0.581. The van der Waals surface area contributed by atoms with E-state index in [1.807, 2.05) is 0 Å². The summed E-state index contributed by atoms with van der Waals surface area (Å²) in [5.41, 5.74) is 0.00672. The van der Waals surface area contributed by atoms with Crippen LogP contribution in [-0.2, 0) is 11.2 Å². The molecule has 0 aliphatic rings. The molecular formula is C11H15ClF2N2O. The lowest BCUT2D eigenvalue weighted by Crippen LogP contribution is -2.33. The summed E-state index contributed by atoms with van der Waals surface area (Å²) in [7, 11) is 1.65. The summed E-state index contributed by atoms with van der Waals surface area (Å²) in [5, 5.41) is 5.23. The molecule has 2 N–H and O–H groups in total. The van der Waals surface area contributed by atoms with Crippen LogP contribution in [0.5, 0.6) is 0 Å². The van der Waals surface area contributed by atoms with Crippen molar-refractivity contribution in [3.63, 3.8) is 0 Å². The molecule has 1 aromatic carbocycles. The van der Waals surface area contributed by atoms with E-state index >= 15 is 0 Å². The maximum Gasteiger partial charge on any atom is 0.233 e. The number of carbonyl (C=O) groups excluding carboxylic acids is 1. The number of nitrogens with one attached hydrogen (secondary N) is 2. The number of amides is 1. The molecule has 3 nitrogen and oxygen atoms in total. The summed E-state index contributed by atoms with van der Waals surface area (Å²) in [6.07, 6.45) is 0.147. The second kappa shape index (κ2) is 7.97. The molecule has 0 unspecified atom stereocenters. The molecule has 17 heavy (non-hydrogen) atoms. The Bertz CT molecular complexity index is 354. The Morgan fingerprint density at radius 3 is 2.41 bits per heavy atom. The highest BCUT2D eigenvalue weighted by molar-refractivity contribution is 5.85. The van der Waals surface area contributed by atoms with E-state index in [2.05, 4.69) is 10.6 Å². The molecule has 0 bridgehead atoms. The van der Waals surface area contributed by atoms with Crippen LogP contribution in [0.25, 0.3) is 0 Å². The minimum Gasteiger partial charge on any atom is -0.355 e. The second-order valence-electron chi connectivity index (χ2n) is 3.33. The van der Waals surface area contributed by atoms with Crippen LogP contribution in [0.15, 0.2) is 18.2 Å². The van der Waals surface area contributed by atoms with Gasteiger partial charge >= 0.3 is 0 Å². The number of rotatable bonds is 5. The van der Waals surface area contributed by atoms with Gasteiger partial charge < -0.3 is 10.6 Å². The van der Waals surface area contributed by atoms with Crippen molar-refractivity contribution in [1.29, 1.82) is 0 Å². The predicted octanol–water partition coefficient (Wildman–Crippen LogP) is 1.26. The second-order valence-corrected chi connectivity index (χ2v) is 3.33. The molecular weight excluding hydrogens is 250 g/mol. The topological polar surface area (TPSA) is 41.1 Å². The molecule has 1 amide bonds. The first-order valence-corrected chi connectivity index (χ1v) is 4.99. The molecule has 0 heterocycles. The zero-order valence-electron chi connectivity index (χ0n) is 9.43. The van der Waals surface area contributed by atoms with Crippen LogP contribution in [0.4, 0.5) is 8.78 Å². The summed E-state index contributed by atoms with van der Waals surface area (Å²) < 4.78 is 26.3. The molecule has 0 spiro atoms. The van der Waals surface area contributed by atoms with Crippen molar-refractivity contribution in [3.05, 3.63) is 35.4 Å². The van der Waals surface area contributed by atoms with Crippen LogP contribution in [0, 0.1) is 11.6 Å².